The van der Waals surface area contributed by atoms with E-state index in [0.29, 0.717) is 5.69 Å². The zero-order chi connectivity index (χ0) is 16.5. The highest BCUT2D eigenvalue weighted by Crippen LogP contribution is 2.39. The minimum Gasteiger partial charge on any atom is -0.465 e. The number of hydrogen-bond donors (Lipinski definition) is 0. The zero-order valence-corrected chi connectivity index (χ0v) is 12.4. The maximum Gasteiger partial charge on any atom is 0.417 e. The molecular weight excluding hydrogens is 319 g/mol. The van der Waals surface area contributed by atoms with Gasteiger partial charge in [-0.3, -0.25) is 4.98 Å². The lowest BCUT2D eigenvalue weighted by atomic mass is 9.95. The summed E-state index contributed by atoms with van der Waals surface area (Å²) in [6.45, 7) is 1.61. The highest BCUT2D eigenvalue weighted by molar-refractivity contribution is 6.31. The van der Waals surface area contributed by atoms with Crippen LogP contribution in [-0.4, -0.2) is 18.1 Å². The van der Waals surface area contributed by atoms with Gasteiger partial charge in [0.05, 0.1) is 18.2 Å². The second-order valence-corrected chi connectivity index (χ2v) is 4.99. The molecule has 1 aromatic carbocycles. The Morgan fingerprint density at radius 1 is 1.23 bits per heavy atom. The fraction of sp³-hybridized carbons (Fsp3) is 0.200. The number of carbonyl (C=O) groups is 1. The molecule has 0 saturated heterocycles. The van der Waals surface area contributed by atoms with E-state index in [1.807, 2.05) is 0 Å². The summed E-state index contributed by atoms with van der Waals surface area (Å²) in [5.41, 5.74) is -0.579. The molecule has 1 heterocycles. The molecule has 0 N–H and O–H groups in total. The number of benzene rings is 1. The van der Waals surface area contributed by atoms with Gasteiger partial charge in [-0.1, -0.05) is 11.6 Å². The monoisotopic (exact) mass is 329 g/mol. The first-order chi connectivity index (χ1) is 10.2. The number of nitrogens with zero attached hydrogens (tertiary/aromatic N) is 1. The Hall–Kier alpha value is -2.08. The number of halogens is 4. The number of pyridine rings is 1. The maximum absolute atomic E-state index is 13.2. The summed E-state index contributed by atoms with van der Waals surface area (Å²) in [7, 11) is 1.15. The number of carbonyl (C=O) groups excluding carboxylic acids is 1. The minimum atomic E-state index is -4.58. The van der Waals surface area contributed by atoms with Gasteiger partial charge < -0.3 is 4.74 Å². The molecule has 1 aromatic heterocycles. The molecule has 0 atom stereocenters. The Morgan fingerprint density at radius 3 is 2.50 bits per heavy atom. The van der Waals surface area contributed by atoms with Crippen molar-refractivity contribution in [3.63, 3.8) is 0 Å². The summed E-state index contributed by atoms with van der Waals surface area (Å²) in [6.07, 6.45) is -3.39. The van der Waals surface area contributed by atoms with E-state index in [1.54, 1.807) is 6.92 Å². The van der Waals surface area contributed by atoms with Gasteiger partial charge in [-0.15, -0.1) is 0 Å². The quantitative estimate of drug-likeness (QED) is 0.761. The molecule has 0 spiro atoms. The normalized spacial score (nSPS) is 11.4. The fourth-order valence-electron chi connectivity index (χ4n) is 2.04. The summed E-state index contributed by atoms with van der Waals surface area (Å²) >= 11 is 5.82. The van der Waals surface area contributed by atoms with Crippen molar-refractivity contribution >= 4 is 17.6 Å². The van der Waals surface area contributed by atoms with Crippen molar-refractivity contribution in [2.75, 3.05) is 7.11 Å². The molecule has 0 unspecified atom stereocenters. The molecule has 0 aliphatic rings. The summed E-state index contributed by atoms with van der Waals surface area (Å²) in [5.74, 6) is -0.768. The number of esters is 1. The zero-order valence-electron chi connectivity index (χ0n) is 11.7. The van der Waals surface area contributed by atoms with E-state index in [1.165, 1.54) is 18.3 Å². The Morgan fingerprint density at radius 2 is 1.91 bits per heavy atom. The minimum absolute atomic E-state index is 0.0548. The van der Waals surface area contributed by atoms with E-state index in [-0.39, 0.29) is 21.7 Å². The lowest BCUT2D eigenvalue weighted by Crippen LogP contribution is -2.10. The van der Waals surface area contributed by atoms with Crippen LogP contribution in [0, 0.1) is 6.92 Å². The van der Waals surface area contributed by atoms with Crippen molar-refractivity contribution in [1.82, 2.24) is 4.98 Å². The second-order valence-electron chi connectivity index (χ2n) is 4.55. The first-order valence-electron chi connectivity index (χ1n) is 6.16. The molecule has 2 aromatic rings. The number of aryl methyl sites for hydroxylation is 1. The summed E-state index contributed by atoms with van der Waals surface area (Å²) in [6, 6.07) is 4.60. The van der Waals surface area contributed by atoms with E-state index < -0.39 is 17.7 Å². The lowest BCUT2D eigenvalue weighted by Gasteiger charge is -2.16. The molecule has 7 heteroatoms. The average Bonchev–Trinajstić information content (AvgIpc) is 2.45. The Balaban J connectivity index is 2.79. The van der Waals surface area contributed by atoms with Crippen LogP contribution in [0.3, 0.4) is 0 Å². The highest BCUT2D eigenvalue weighted by Gasteiger charge is 2.34. The third-order valence-corrected chi connectivity index (χ3v) is 3.26. The van der Waals surface area contributed by atoms with Gasteiger partial charge in [-0.2, -0.15) is 13.2 Å². The van der Waals surface area contributed by atoms with Crippen LogP contribution in [0.15, 0.2) is 30.5 Å². The van der Waals surface area contributed by atoms with Crippen molar-refractivity contribution in [2.24, 2.45) is 0 Å². The number of alkyl halides is 3. The van der Waals surface area contributed by atoms with E-state index in [9.17, 15) is 18.0 Å². The van der Waals surface area contributed by atoms with Crippen LogP contribution in [0.2, 0.25) is 5.02 Å². The van der Waals surface area contributed by atoms with Crippen LogP contribution in [0.25, 0.3) is 11.1 Å². The maximum atomic E-state index is 13.2. The van der Waals surface area contributed by atoms with Crippen molar-refractivity contribution in [3.8, 4) is 11.1 Å². The lowest BCUT2D eigenvalue weighted by molar-refractivity contribution is -0.137. The molecule has 0 amide bonds. The van der Waals surface area contributed by atoms with Crippen molar-refractivity contribution in [2.45, 2.75) is 13.1 Å². The number of methoxy groups -OCH3 is 1. The van der Waals surface area contributed by atoms with Gasteiger partial charge in [-0.05, 0) is 36.8 Å². The van der Waals surface area contributed by atoms with Gasteiger partial charge in [0, 0.05) is 22.5 Å². The molecule has 0 saturated carbocycles. The number of hydrogen-bond acceptors (Lipinski definition) is 3. The van der Waals surface area contributed by atoms with Gasteiger partial charge in [0.25, 0.3) is 0 Å². The molecule has 0 fully saturated rings. The molecule has 0 bridgehead atoms. The predicted molar refractivity (Wildman–Crippen MR) is 75.8 cm³/mol. The predicted octanol–water partition coefficient (Wildman–Crippen LogP) is 4.52. The fourth-order valence-corrected chi connectivity index (χ4v) is 2.21. The summed E-state index contributed by atoms with van der Waals surface area (Å²) in [4.78, 5) is 15.7. The third-order valence-electron chi connectivity index (χ3n) is 3.02. The summed E-state index contributed by atoms with van der Waals surface area (Å²) in [5, 5.41) is 0.133. The number of rotatable bonds is 2. The Kier molecular flexibility index (Phi) is 4.42. The van der Waals surface area contributed by atoms with E-state index in [4.69, 9.17) is 11.6 Å². The van der Waals surface area contributed by atoms with E-state index >= 15 is 0 Å². The van der Waals surface area contributed by atoms with Crippen LogP contribution in [-0.2, 0) is 10.9 Å². The third kappa shape index (κ3) is 3.22. The van der Waals surface area contributed by atoms with Crippen molar-refractivity contribution in [1.29, 1.82) is 0 Å². The first kappa shape index (κ1) is 16.3. The standard InChI is InChI=1S/C15H11ClF3NO2/c1-8-5-10(12(7-20-8)14(21)22-2)11-6-9(16)3-4-13(11)15(17,18)19/h3-7H,1-2H3. The van der Waals surface area contributed by atoms with Crippen LogP contribution >= 0.6 is 11.6 Å². The Labute approximate surface area is 129 Å². The number of ether oxygens (including phenoxy) is 1. The van der Waals surface area contributed by atoms with Gasteiger partial charge >= 0.3 is 12.1 Å². The molecule has 2 rings (SSSR count). The van der Waals surface area contributed by atoms with E-state index in [2.05, 4.69) is 9.72 Å². The molecular formula is C15H11ClF3NO2. The molecule has 0 aliphatic heterocycles. The second kappa shape index (κ2) is 5.96. The average molecular weight is 330 g/mol. The van der Waals surface area contributed by atoms with Gasteiger partial charge in [0.2, 0.25) is 0 Å². The molecule has 0 aliphatic carbocycles. The van der Waals surface area contributed by atoms with Crippen molar-refractivity contribution < 1.29 is 22.7 Å². The Bertz CT molecular complexity index is 729. The summed E-state index contributed by atoms with van der Waals surface area (Å²) < 4.78 is 44.2. The van der Waals surface area contributed by atoms with Crippen LogP contribution < -0.4 is 0 Å². The smallest absolute Gasteiger partial charge is 0.417 e. The van der Waals surface area contributed by atoms with Gasteiger partial charge in [0.15, 0.2) is 0 Å². The van der Waals surface area contributed by atoms with Crippen LogP contribution in [0.4, 0.5) is 13.2 Å². The SMILES string of the molecule is COC(=O)c1cnc(C)cc1-c1cc(Cl)ccc1C(F)(F)F. The van der Waals surface area contributed by atoms with Crippen molar-refractivity contribution in [3.05, 3.63) is 52.3 Å². The topological polar surface area (TPSA) is 39.2 Å². The van der Waals surface area contributed by atoms with Crippen LogP contribution in [0.5, 0.6) is 0 Å². The number of aromatic nitrogens is 1. The molecule has 3 nitrogen and oxygen atoms in total. The largest absolute Gasteiger partial charge is 0.465 e. The molecule has 0 radical (unpaired) electrons. The molecule has 22 heavy (non-hydrogen) atoms. The van der Waals surface area contributed by atoms with Gasteiger partial charge in [-0.25, -0.2) is 4.79 Å². The van der Waals surface area contributed by atoms with Gasteiger partial charge in [0.1, 0.15) is 0 Å². The van der Waals surface area contributed by atoms with Crippen LogP contribution in [0.1, 0.15) is 21.6 Å². The first-order valence-corrected chi connectivity index (χ1v) is 6.54. The van der Waals surface area contributed by atoms with E-state index in [0.717, 1.165) is 19.2 Å². The highest BCUT2D eigenvalue weighted by atomic mass is 35.5. The molecule has 116 valence electrons.